The first-order chi connectivity index (χ1) is 64.5. The molecule has 12 fully saturated rings. The van der Waals surface area contributed by atoms with Crippen molar-refractivity contribution in [3.05, 3.63) is 161 Å². The normalized spacial score (nSPS) is 40.1. The Morgan fingerprint density at radius 3 is 0.943 bits per heavy atom. The summed E-state index contributed by atoms with van der Waals surface area (Å²) in [6.07, 6.45) is 40.9. The number of aromatic carboxylic acids is 1. The van der Waals surface area contributed by atoms with Gasteiger partial charge in [0, 0.05) is 58.9 Å². The molecule has 0 aromatic heterocycles. The molecule has 0 radical (unpaired) electrons. The minimum absolute atomic E-state index is 0. The number of carbonyl (C=O) groups is 6. The van der Waals surface area contributed by atoms with E-state index in [0.717, 1.165) is 50.9 Å². The van der Waals surface area contributed by atoms with Gasteiger partial charge < -0.3 is 51.1 Å². The Morgan fingerprint density at radius 1 is 0.379 bits per heavy atom. The predicted molar refractivity (Wildman–Crippen MR) is 566 cm³/mol. The average Bonchev–Trinajstić information content (AvgIpc) is 1.12. The maximum atomic E-state index is 12.8. The summed E-state index contributed by atoms with van der Waals surface area (Å²) in [5, 5.41) is 17.3. The predicted octanol–water partition coefficient (Wildman–Crippen LogP) is 23.0. The van der Waals surface area contributed by atoms with Crippen molar-refractivity contribution in [3.63, 3.8) is 0 Å². The van der Waals surface area contributed by atoms with Crippen LogP contribution in [0.2, 0.25) is 0 Å². The molecule has 0 unspecified atom stereocenters. The van der Waals surface area contributed by atoms with Gasteiger partial charge in [-0.15, -0.1) is 11.6 Å². The van der Waals surface area contributed by atoms with E-state index < -0.39 is 5.97 Å². The van der Waals surface area contributed by atoms with Crippen molar-refractivity contribution in [3.8, 4) is 0 Å². The number of nitrogens with zero attached hydrogens (tertiary/aromatic N) is 3. The number of fused-ring (bicyclic) bond motifs is 21. The minimum Gasteiger partial charge on any atom is -0.870 e. The van der Waals surface area contributed by atoms with Gasteiger partial charge in [0.15, 0.2) is 0 Å². The van der Waals surface area contributed by atoms with E-state index in [9.17, 15) is 33.9 Å². The summed E-state index contributed by atoms with van der Waals surface area (Å²) >= 11 is 5.16. The first-order valence-corrected chi connectivity index (χ1v) is 54.3. The van der Waals surface area contributed by atoms with Crippen LogP contribution in [0.4, 0.5) is 0 Å². The van der Waals surface area contributed by atoms with Crippen molar-refractivity contribution < 1.29 is 78.4 Å². The van der Waals surface area contributed by atoms with Crippen LogP contribution in [0, 0.1) is 154 Å². The SMILES string of the molecule is C=C(C)[C@@H]1CC[C@]2(N)CC[C@]3(C)[C@H](CC[C@@H]4[C@@]5(C)CC=C(c6ccc(C(=O)OC)cc6)C(C)(C)[C@@H]5CC[C@]43C)[C@@H]12.C=C(C)[C@@H]1CC[C@]2(NCC(=O)N(C)C)CC[C@]3(C)[C@H](CC[C@@H]4[C@@]5(C)CC=C(c6ccc(C(=O)O)cc6)C(C)(C)[C@@H]5CC[C@]43C)[C@@H]12.C=C(C)[C@@H]1CC[C@]2(NCC(=O)N(C)C)CC[C@]3(C)[C@H](CC[C@@H]4[C@@]5(C)CC=C(c6ccc(C(=O)OC)cc6)C(C)(C)[C@@H]5CC[C@]43C)[C@@H]12.CN(C)C(=O)CCl.[Na+].[OH-]. The summed E-state index contributed by atoms with van der Waals surface area (Å²) in [5.41, 5.74) is 23.6. The summed E-state index contributed by atoms with van der Waals surface area (Å²) in [4.78, 5) is 76.4. The van der Waals surface area contributed by atoms with E-state index in [2.05, 4.69) is 197 Å². The third-order valence-electron chi connectivity index (χ3n) is 45.5. The molecule has 0 saturated heterocycles. The van der Waals surface area contributed by atoms with Crippen molar-refractivity contribution in [1.82, 2.24) is 25.3 Å². The molecule has 0 spiro atoms. The zero-order chi connectivity index (χ0) is 101. The summed E-state index contributed by atoms with van der Waals surface area (Å²) in [5.74, 6) is 8.19. The van der Waals surface area contributed by atoms with E-state index >= 15 is 0 Å². The number of nitrogens with one attached hydrogen (secondary N) is 2. The minimum atomic E-state index is -0.869. The first kappa shape index (κ1) is 111. The summed E-state index contributed by atoms with van der Waals surface area (Å²) in [7, 11) is 13.7. The number of carbonyl (C=O) groups excluding carboxylic acids is 5. The van der Waals surface area contributed by atoms with Gasteiger partial charge in [0.1, 0.15) is 5.88 Å². The van der Waals surface area contributed by atoms with Crippen molar-refractivity contribution in [2.24, 2.45) is 159 Å². The number of likely N-dealkylation sites (N-methyl/N-ethyl adjacent to an activating group) is 2. The summed E-state index contributed by atoms with van der Waals surface area (Å²) in [6.45, 7) is 60.1. The molecule has 12 saturated carbocycles. The Hall–Kier alpha value is -5.95. The number of halogens is 1. The van der Waals surface area contributed by atoms with Crippen LogP contribution < -0.4 is 45.9 Å². The third kappa shape index (κ3) is 17.8. The van der Waals surface area contributed by atoms with Gasteiger partial charge in [-0.25, -0.2) is 14.4 Å². The van der Waals surface area contributed by atoms with Crippen LogP contribution in [0.1, 0.15) is 346 Å². The summed E-state index contributed by atoms with van der Waals surface area (Å²) in [6, 6.07) is 23.7. The van der Waals surface area contributed by atoms with Crippen molar-refractivity contribution >= 4 is 63.9 Å². The van der Waals surface area contributed by atoms with Gasteiger partial charge in [0.2, 0.25) is 17.7 Å². The second kappa shape index (κ2) is 39.9. The fourth-order valence-corrected chi connectivity index (χ4v) is 38.2. The number of ether oxygens (including phenoxy) is 2. The molecule has 27 atom stereocenters. The number of benzene rings is 3. The second-order valence-corrected chi connectivity index (χ2v) is 52.7. The molecule has 766 valence electrons. The van der Waals surface area contributed by atoms with Gasteiger partial charge >= 0.3 is 47.5 Å². The van der Waals surface area contributed by atoms with Crippen LogP contribution in [-0.4, -0.2) is 153 Å². The van der Waals surface area contributed by atoms with Gasteiger partial charge in [-0.3, -0.25) is 14.4 Å². The number of esters is 2. The fraction of sp³-hybridized carbons (Fsp3) is 0.705. The standard InChI is InChI=1S/C41H60N2O3.C40H58N2O3.C37H53NO2.C4H8ClNO.Na.H2O/c1-26(2)29-17-22-41(42-25-34(44)43(8)9)24-23-39(6)31(35(29)41)15-16-33-38(5)20-18-30(27-11-13-28(14-12-27)36(45)46-10)37(3,4)32(38)19-21-40(33,39)7;1-25(2)28-16-21-40(41-24-33(43)42(8)9)23-22-38(6)30(34(28)40)14-15-32-37(5)19-17-29(26-10-12-27(13-11-26)35(44)45)36(3,4)31(37)18-20-39(32,38)7;1-23(2)26-15-20-37(38)22-21-35(6)28(31(26)37)13-14-30-34(5)18-16-27(24-9-11-25(12-10-24)32(39)40-8)33(3,4)29(34)17-19-36(30,35)7;1-6(2)4(7)3-5;;/h11-14,18,29,31-33,35,42H,1,15-17,19-25H2,2-10H3;10-13,17,28,30-32,34,41H,1,14-16,18-24H2,2-9H3,(H,44,45);9-12,16,26,28-31H,1,13-15,17-22,38H2,2-8H3;3H2,1-2H3;;1H2/q;;;;+1;/p-1/t29-,31+,32-,33+,35+,38-,39+,40+,41-;28-,30+,31-,32+,34+,37-,38+,39+,40-;26-,28+,29-,30+,31+,34-,35+,36+,37-;;;/m000.../s1. The van der Waals surface area contributed by atoms with Gasteiger partial charge in [-0.2, -0.15) is 0 Å². The molecule has 0 heterocycles. The summed E-state index contributed by atoms with van der Waals surface area (Å²) < 4.78 is 9.88. The molecule has 15 aliphatic carbocycles. The second-order valence-electron chi connectivity index (χ2n) is 52.5. The van der Waals surface area contributed by atoms with Crippen LogP contribution in [0.3, 0.4) is 0 Å². The molecule has 15 aliphatic rings. The van der Waals surface area contributed by atoms with Gasteiger partial charge in [0.05, 0.1) is 44.0 Å². The van der Waals surface area contributed by atoms with E-state index in [1.807, 2.05) is 64.6 Å². The number of carboxylic acids is 1. The topological polar surface area (TPSA) is 231 Å². The zero-order valence-corrected chi connectivity index (χ0v) is 94.4. The maximum absolute atomic E-state index is 12.8. The van der Waals surface area contributed by atoms with E-state index in [0.29, 0.717) is 129 Å². The first-order valence-electron chi connectivity index (χ1n) is 53.7. The Morgan fingerprint density at radius 2 is 0.664 bits per heavy atom. The Kier molecular flexibility index (Phi) is 31.7. The maximum Gasteiger partial charge on any atom is 1.00 e. The van der Waals surface area contributed by atoms with Crippen molar-refractivity contribution in [2.75, 3.05) is 75.5 Å². The molecule has 3 amide bonds. The fourth-order valence-electron chi connectivity index (χ4n) is 37.9. The Labute approximate surface area is 871 Å². The number of amides is 3. The number of methoxy groups -OCH3 is 2. The van der Waals surface area contributed by atoms with Crippen LogP contribution in [0.25, 0.3) is 16.7 Å². The number of allylic oxidation sites excluding steroid dienone is 9. The van der Waals surface area contributed by atoms with E-state index in [1.54, 1.807) is 36.0 Å². The molecule has 140 heavy (non-hydrogen) atoms. The van der Waals surface area contributed by atoms with Crippen LogP contribution in [0.5, 0.6) is 0 Å². The molecule has 3 aromatic rings. The molecular formula is C122H180ClN6NaO10. The number of nitrogens with two attached hydrogens (primary N) is 1. The van der Waals surface area contributed by atoms with Crippen LogP contribution in [-0.2, 0) is 23.9 Å². The van der Waals surface area contributed by atoms with E-state index in [4.69, 9.17) is 26.8 Å². The van der Waals surface area contributed by atoms with Crippen molar-refractivity contribution in [1.29, 1.82) is 0 Å². The number of hydrogen-bond acceptors (Lipinski definition) is 12. The Bertz CT molecular complexity index is 5280. The van der Waals surface area contributed by atoms with Gasteiger partial charge in [-0.1, -0.05) is 195 Å². The molecule has 16 nitrogen and oxygen atoms in total. The number of alkyl halides is 1. The average molecular weight is 1950 g/mol. The smallest absolute Gasteiger partial charge is 0.870 e. The largest absolute Gasteiger partial charge is 1.00 e. The zero-order valence-electron chi connectivity index (χ0n) is 91.6. The van der Waals surface area contributed by atoms with Crippen molar-refractivity contribution in [2.45, 2.75) is 315 Å². The van der Waals surface area contributed by atoms with Crippen LogP contribution in [0.15, 0.2) is 127 Å². The molecule has 0 aliphatic heterocycles. The molecule has 3 aromatic carbocycles. The molecular weight excluding hydrogens is 1770 g/mol. The number of rotatable bonds is 16. The van der Waals surface area contributed by atoms with Gasteiger partial charge in [0.25, 0.3) is 0 Å². The molecule has 0 bridgehead atoms. The van der Waals surface area contributed by atoms with Crippen LogP contribution >= 0.6 is 11.6 Å². The van der Waals surface area contributed by atoms with E-state index in [-0.39, 0.29) is 136 Å². The van der Waals surface area contributed by atoms with E-state index in [1.165, 1.54) is 198 Å². The number of carboxylic acid groups (broad SMARTS) is 1. The molecule has 18 heteroatoms. The number of hydrogen-bond donors (Lipinski definition) is 4. The van der Waals surface area contributed by atoms with Gasteiger partial charge in [-0.05, 0) is 418 Å². The molecule has 18 rings (SSSR count). The third-order valence-corrected chi connectivity index (χ3v) is 45.7. The monoisotopic (exact) mass is 1950 g/mol. The molecule has 6 N–H and O–H groups in total. The Balaban J connectivity index is 0.000000170. The quantitative estimate of drug-likeness (QED) is 0.0453.